The van der Waals surface area contributed by atoms with Crippen molar-refractivity contribution in [2.45, 2.75) is 13.5 Å². The number of hydrogen-bond acceptors (Lipinski definition) is 6. The van der Waals surface area contributed by atoms with Crippen molar-refractivity contribution >= 4 is 17.4 Å². The van der Waals surface area contributed by atoms with Crippen LogP contribution in [0.3, 0.4) is 0 Å². The number of aromatic nitrogens is 4. The molecular formula is C17H15N7O3. The van der Waals surface area contributed by atoms with Crippen molar-refractivity contribution in [1.82, 2.24) is 19.6 Å². The van der Waals surface area contributed by atoms with Crippen LogP contribution in [0, 0.1) is 27.4 Å². The second kappa shape index (κ2) is 7.49. The van der Waals surface area contributed by atoms with E-state index < -0.39 is 10.8 Å². The first kappa shape index (κ1) is 17.8. The molecule has 3 aromatic rings. The third-order valence-electron chi connectivity index (χ3n) is 3.87. The van der Waals surface area contributed by atoms with Crippen LogP contribution in [0.25, 0.3) is 5.69 Å². The van der Waals surface area contributed by atoms with Gasteiger partial charge >= 0.3 is 5.69 Å². The molecule has 2 heterocycles. The molecule has 0 bridgehead atoms. The van der Waals surface area contributed by atoms with Gasteiger partial charge in [0.15, 0.2) is 5.82 Å². The van der Waals surface area contributed by atoms with Crippen LogP contribution < -0.4 is 5.32 Å². The van der Waals surface area contributed by atoms with Crippen LogP contribution in [0.4, 0.5) is 11.5 Å². The van der Waals surface area contributed by atoms with E-state index >= 15 is 0 Å². The summed E-state index contributed by atoms with van der Waals surface area (Å²) in [5.41, 5.74) is 0.787. The molecule has 1 N–H and O–H groups in total. The predicted octanol–water partition coefficient (Wildman–Crippen LogP) is 2.12. The molecule has 1 amide bonds. The molecule has 27 heavy (non-hydrogen) atoms. The Morgan fingerprint density at radius 1 is 1.33 bits per heavy atom. The van der Waals surface area contributed by atoms with Gasteiger partial charge in [0.05, 0.1) is 29.3 Å². The molecule has 10 nitrogen and oxygen atoms in total. The van der Waals surface area contributed by atoms with E-state index in [1.165, 1.54) is 21.8 Å². The summed E-state index contributed by atoms with van der Waals surface area (Å²) in [6, 6.07) is 11.1. The van der Waals surface area contributed by atoms with Crippen molar-refractivity contribution in [3.05, 3.63) is 64.6 Å². The molecule has 0 saturated heterocycles. The molecule has 0 spiro atoms. The number of nitriles is 1. The number of nitro groups is 1. The maximum atomic E-state index is 12.6. The summed E-state index contributed by atoms with van der Waals surface area (Å²) in [6.07, 6.45) is 3.77. The van der Waals surface area contributed by atoms with Gasteiger partial charge in [0, 0.05) is 0 Å². The van der Waals surface area contributed by atoms with Crippen molar-refractivity contribution in [1.29, 1.82) is 5.26 Å². The molecule has 136 valence electrons. The lowest BCUT2D eigenvalue weighted by Crippen LogP contribution is -2.26. The maximum Gasteiger partial charge on any atom is 0.306 e. The number of carbonyl (C=O) groups is 1. The van der Waals surface area contributed by atoms with Crippen molar-refractivity contribution in [3.8, 4) is 11.8 Å². The summed E-state index contributed by atoms with van der Waals surface area (Å²) in [6.45, 7) is 1.82. The zero-order valence-electron chi connectivity index (χ0n) is 14.3. The molecule has 10 heteroatoms. The van der Waals surface area contributed by atoms with Crippen molar-refractivity contribution in [2.24, 2.45) is 5.92 Å². The minimum absolute atomic E-state index is 0.142. The van der Waals surface area contributed by atoms with Gasteiger partial charge in [-0.1, -0.05) is 25.1 Å². The van der Waals surface area contributed by atoms with Crippen molar-refractivity contribution < 1.29 is 9.72 Å². The van der Waals surface area contributed by atoms with E-state index in [1.807, 2.05) is 24.3 Å². The second-order valence-electron chi connectivity index (χ2n) is 5.83. The Bertz CT molecular complexity index is 1020. The quantitative estimate of drug-likeness (QED) is 0.526. The van der Waals surface area contributed by atoms with Crippen LogP contribution in [0.15, 0.2) is 48.9 Å². The Morgan fingerprint density at radius 2 is 2.07 bits per heavy atom. The number of rotatable bonds is 6. The number of nitrogens with zero attached hydrogens (tertiary/aromatic N) is 6. The Kier molecular flexibility index (Phi) is 4.94. The summed E-state index contributed by atoms with van der Waals surface area (Å²) in [5, 5.41) is 30.8. The van der Waals surface area contributed by atoms with Gasteiger partial charge in [0.1, 0.15) is 24.0 Å². The number of nitrogens with one attached hydrogen (secondary N) is 1. The SMILES string of the molecule is CC(Cn1cc([N+](=O)[O-])cn1)C(=O)Nc1c(C#N)cnn1-c1ccccc1. The first-order valence-electron chi connectivity index (χ1n) is 8.01. The lowest BCUT2D eigenvalue weighted by Gasteiger charge is -2.14. The fourth-order valence-electron chi connectivity index (χ4n) is 2.47. The number of carbonyl (C=O) groups excluding carboxylic acids is 1. The van der Waals surface area contributed by atoms with Gasteiger partial charge in [-0.05, 0) is 12.1 Å². The smallest absolute Gasteiger partial charge is 0.306 e. The molecule has 1 aromatic carbocycles. The molecule has 1 unspecified atom stereocenters. The summed E-state index contributed by atoms with van der Waals surface area (Å²) in [7, 11) is 0. The van der Waals surface area contributed by atoms with Crippen LogP contribution in [-0.2, 0) is 11.3 Å². The van der Waals surface area contributed by atoms with Gasteiger partial charge in [-0.2, -0.15) is 15.5 Å². The predicted molar refractivity (Wildman–Crippen MR) is 95.0 cm³/mol. The van der Waals surface area contributed by atoms with E-state index in [9.17, 15) is 20.2 Å². The first-order valence-corrected chi connectivity index (χ1v) is 8.01. The van der Waals surface area contributed by atoms with E-state index in [2.05, 4.69) is 15.5 Å². The van der Waals surface area contributed by atoms with E-state index in [1.54, 1.807) is 19.1 Å². The first-order chi connectivity index (χ1) is 13.0. The van der Waals surface area contributed by atoms with Gasteiger partial charge in [-0.3, -0.25) is 19.6 Å². The zero-order chi connectivity index (χ0) is 19.4. The average Bonchev–Trinajstić information content (AvgIpc) is 3.29. The van der Waals surface area contributed by atoms with Crippen LogP contribution in [0.2, 0.25) is 0 Å². The van der Waals surface area contributed by atoms with E-state index in [-0.39, 0.29) is 29.5 Å². The summed E-state index contributed by atoms with van der Waals surface area (Å²) in [4.78, 5) is 22.7. The van der Waals surface area contributed by atoms with Crippen molar-refractivity contribution in [3.63, 3.8) is 0 Å². The average molecular weight is 365 g/mol. The molecule has 2 aromatic heterocycles. The summed E-state index contributed by atoms with van der Waals surface area (Å²) >= 11 is 0. The lowest BCUT2D eigenvalue weighted by atomic mass is 10.1. The Morgan fingerprint density at radius 3 is 2.70 bits per heavy atom. The molecule has 0 fully saturated rings. The Labute approximate surface area is 153 Å². The van der Waals surface area contributed by atoms with Crippen LogP contribution in [0.5, 0.6) is 0 Å². The van der Waals surface area contributed by atoms with Gasteiger partial charge in [0.2, 0.25) is 5.91 Å². The molecular weight excluding hydrogens is 350 g/mol. The standard InChI is InChI=1S/C17H15N7O3/c1-12(10-22-11-15(9-19-22)24(26)27)17(25)21-16-13(7-18)8-20-23(16)14-5-3-2-4-6-14/h2-6,8-9,11-12H,10H2,1H3,(H,21,25). The third kappa shape index (κ3) is 3.82. The minimum Gasteiger partial charge on any atom is -0.309 e. The largest absolute Gasteiger partial charge is 0.309 e. The minimum atomic E-state index is -0.550. The van der Waals surface area contributed by atoms with E-state index in [0.29, 0.717) is 5.69 Å². The van der Waals surface area contributed by atoms with Crippen LogP contribution in [0.1, 0.15) is 12.5 Å². The molecule has 1 atom stereocenters. The number of anilines is 1. The van der Waals surface area contributed by atoms with E-state index in [0.717, 1.165) is 6.20 Å². The van der Waals surface area contributed by atoms with Gasteiger partial charge in [-0.25, -0.2) is 4.68 Å². The topological polar surface area (TPSA) is 132 Å². The molecule has 0 aliphatic heterocycles. The highest BCUT2D eigenvalue weighted by Gasteiger charge is 2.20. The fourth-order valence-corrected chi connectivity index (χ4v) is 2.47. The highest BCUT2D eigenvalue weighted by molar-refractivity contribution is 5.92. The number of benzene rings is 1. The van der Waals surface area contributed by atoms with Gasteiger partial charge in [0.25, 0.3) is 0 Å². The van der Waals surface area contributed by atoms with Gasteiger partial charge < -0.3 is 5.32 Å². The fraction of sp³-hybridized carbons (Fsp3) is 0.176. The highest BCUT2D eigenvalue weighted by Crippen LogP contribution is 2.20. The normalized spacial score (nSPS) is 11.6. The number of para-hydroxylation sites is 1. The number of amides is 1. The Balaban J connectivity index is 1.78. The Hall–Kier alpha value is -4.00. The van der Waals surface area contributed by atoms with Crippen LogP contribution in [-0.4, -0.2) is 30.4 Å². The maximum absolute atomic E-state index is 12.6. The molecule has 0 radical (unpaired) electrons. The van der Waals surface area contributed by atoms with E-state index in [4.69, 9.17) is 0 Å². The summed E-state index contributed by atoms with van der Waals surface area (Å²) < 4.78 is 2.81. The molecule has 3 rings (SSSR count). The summed E-state index contributed by atoms with van der Waals surface area (Å²) in [5.74, 6) is -0.635. The second-order valence-corrected chi connectivity index (χ2v) is 5.83. The zero-order valence-corrected chi connectivity index (χ0v) is 14.3. The monoisotopic (exact) mass is 365 g/mol. The molecule has 0 saturated carbocycles. The number of hydrogen-bond donors (Lipinski definition) is 1. The molecule has 0 aliphatic carbocycles. The van der Waals surface area contributed by atoms with Crippen molar-refractivity contribution in [2.75, 3.05) is 5.32 Å². The third-order valence-corrected chi connectivity index (χ3v) is 3.87. The van der Waals surface area contributed by atoms with Gasteiger partial charge in [-0.15, -0.1) is 0 Å². The van der Waals surface area contributed by atoms with Crippen LogP contribution >= 0.6 is 0 Å². The highest BCUT2D eigenvalue weighted by atomic mass is 16.6. The lowest BCUT2D eigenvalue weighted by molar-refractivity contribution is -0.385. The molecule has 0 aliphatic rings.